The second-order valence-electron chi connectivity index (χ2n) is 6.23. The van der Waals surface area contributed by atoms with Gasteiger partial charge in [0.25, 0.3) is 0 Å². The summed E-state index contributed by atoms with van der Waals surface area (Å²) >= 11 is 0. The first-order valence-corrected chi connectivity index (χ1v) is 7.37. The monoisotopic (exact) mass is 256 g/mol. The van der Waals surface area contributed by atoms with E-state index < -0.39 is 0 Å². The number of nitrogens with zero attached hydrogens (tertiary/aromatic N) is 1. The van der Waals surface area contributed by atoms with E-state index in [1.807, 2.05) is 0 Å². The number of nitrogens with one attached hydrogen (secondary N) is 1. The summed E-state index contributed by atoms with van der Waals surface area (Å²) in [5.41, 5.74) is 2.64. The first-order valence-electron chi connectivity index (χ1n) is 7.37. The molecule has 19 heavy (non-hydrogen) atoms. The molecule has 2 bridgehead atoms. The average molecular weight is 256 g/mol. The van der Waals surface area contributed by atoms with Crippen LogP contribution in [0.3, 0.4) is 0 Å². The summed E-state index contributed by atoms with van der Waals surface area (Å²) in [5, 5.41) is 3.63. The zero-order valence-electron chi connectivity index (χ0n) is 12.0. The van der Waals surface area contributed by atoms with E-state index >= 15 is 0 Å². The van der Waals surface area contributed by atoms with Crippen molar-refractivity contribution in [3.63, 3.8) is 0 Å². The summed E-state index contributed by atoms with van der Waals surface area (Å²) in [4.78, 5) is 2.14. The summed E-state index contributed by atoms with van der Waals surface area (Å²) in [5.74, 6) is 2.61. The molecule has 102 valence electrons. The maximum absolute atomic E-state index is 3.63. The lowest BCUT2D eigenvalue weighted by molar-refractivity contribution is 0.414. The van der Waals surface area contributed by atoms with Crippen molar-refractivity contribution in [1.29, 1.82) is 0 Å². The normalized spacial score (nSPS) is 28.0. The van der Waals surface area contributed by atoms with Crippen LogP contribution < -0.4 is 10.2 Å². The van der Waals surface area contributed by atoms with Crippen LogP contribution in [-0.2, 0) is 6.54 Å². The lowest BCUT2D eigenvalue weighted by Crippen LogP contribution is -2.25. The fourth-order valence-corrected chi connectivity index (χ4v) is 3.44. The topological polar surface area (TPSA) is 15.3 Å². The molecule has 0 spiro atoms. The van der Waals surface area contributed by atoms with Gasteiger partial charge in [0.2, 0.25) is 0 Å². The molecule has 1 aromatic rings. The van der Waals surface area contributed by atoms with Gasteiger partial charge < -0.3 is 10.2 Å². The van der Waals surface area contributed by atoms with Crippen molar-refractivity contribution < 1.29 is 0 Å². The molecule has 2 aliphatic carbocycles. The number of allylic oxidation sites excluding steroid dienone is 2. The molecule has 3 unspecified atom stereocenters. The van der Waals surface area contributed by atoms with Gasteiger partial charge >= 0.3 is 0 Å². The molecule has 1 fully saturated rings. The van der Waals surface area contributed by atoms with Crippen molar-refractivity contribution in [3.05, 3.63) is 42.0 Å². The van der Waals surface area contributed by atoms with Gasteiger partial charge in [-0.1, -0.05) is 24.3 Å². The van der Waals surface area contributed by atoms with Crippen molar-refractivity contribution in [3.8, 4) is 0 Å². The predicted octanol–water partition coefficient (Wildman–Crippen LogP) is 3.05. The highest BCUT2D eigenvalue weighted by Crippen LogP contribution is 2.42. The maximum Gasteiger partial charge on any atom is 0.0361 e. The number of anilines is 1. The van der Waals surface area contributed by atoms with Crippen molar-refractivity contribution in [2.75, 3.05) is 25.5 Å². The molecule has 0 heterocycles. The molecule has 0 amide bonds. The Bertz CT molecular complexity index is 447. The van der Waals surface area contributed by atoms with Gasteiger partial charge in [-0.3, -0.25) is 0 Å². The largest absolute Gasteiger partial charge is 0.378 e. The van der Waals surface area contributed by atoms with Gasteiger partial charge in [-0.25, -0.2) is 0 Å². The van der Waals surface area contributed by atoms with E-state index in [4.69, 9.17) is 0 Å². The van der Waals surface area contributed by atoms with Crippen LogP contribution in [0.1, 0.15) is 18.4 Å². The number of hydrogen-bond donors (Lipinski definition) is 1. The van der Waals surface area contributed by atoms with Crippen LogP contribution >= 0.6 is 0 Å². The zero-order chi connectivity index (χ0) is 13.2. The molecule has 0 aromatic heterocycles. The highest BCUT2D eigenvalue weighted by atomic mass is 15.1. The van der Waals surface area contributed by atoms with Gasteiger partial charge in [-0.05, 0) is 54.8 Å². The highest BCUT2D eigenvalue weighted by molar-refractivity contribution is 5.45. The SMILES string of the molecule is CN(C)c1ccc(CNCC2CC3C=CC2C3)cc1. The zero-order valence-corrected chi connectivity index (χ0v) is 12.0. The van der Waals surface area contributed by atoms with Gasteiger partial charge in [0, 0.05) is 26.3 Å². The lowest BCUT2D eigenvalue weighted by Gasteiger charge is -2.18. The molecular weight excluding hydrogens is 232 g/mol. The Hall–Kier alpha value is -1.28. The molecule has 1 saturated carbocycles. The van der Waals surface area contributed by atoms with E-state index in [0.717, 1.165) is 24.3 Å². The molecule has 2 aliphatic rings. The van der Waals surface area contributed by atoms with Crippen LogP contribution in [0.2, 0.25) is 0 Å². The maximum atomic E-state index is 3.63. The third-order valence-corrected chi connectivity index (χ3v) is 4.60. The van der Waals surface area contributed by atoms with E-state index in [1.165, 1.54) is 30.6 Å². The fraction of sp³-hybridized carbons (Fsp3) is 0.529. The van der Waals surface area contributed by atoms with Crippen molar-refractivity contribution >= 4 is 5.69 Å². The Balaban J connectivity index is 1.46. The Labute approximate surface area is 116 Å². The molecule has 0 aliphatic heterocycles. The Morgan fingerprint density at radius 2 is 1.89 bits per heavy atom. The van der Waals surface area contributed by atoms with Crippen LogP contribution in [0.4, 0.5) is 5.69 Å². The smallest absolute Gasteiger partial charge is 0.0361 e. The summed E-state index contributed by atoms with van der Waals surface area (Å²) < 4.78 is 0. The summed E-state index contributed by atoms with van der Waals surface area (Å²) in [7, 11) is 4.16. The van der Waals surface area contributed by atoms with Gasteiger partial charge in [0.05, 0.1) is 0 Å². The van der Waals surface area contributed by atoms with Gasteiger partial charge in [-0.2, -0.15) is 0 Å². The Morgan fingerprint density at radius 1 is 1.11 bits per heavy atom. The Morgan fingerprint density at radius 3 is 2.47 bits per heavy atom. The average Bonchev–Trinajstić information content (AvgIpc) is 3.02. The predicted molar refractivity (Wildman–Crippen MR) is 81.3 cm³/mol. The van der Waals surface area contributed by atoms with Crippen molar-refractivity contribution in [2.45, 2.75) is 19.4 Å². The summed E-state index contributed by atoms with van der Waals surface area (Å²) in [6.45, 7) is 2.16. The third kappa shape index (κ3) is 2.84. The second-order valence-corrected chi connectivity index (χ2v) is 6.23. The van der Waals surface area contributed by atoms with Crippen molar-refractivity contribution in [2.24, 2.45) is 17.8 Å². The number of hydrogen-bond acceptors (Lipinski definition) is 2. The molecule has 3 rings (SSSR count). The molecule has 3 atom stereocenters. The van der Waals surface area contributed by atoms with Crippen LogP contribution in [0, 0.1) is 17.8 Å². The van der Waals surface area contributed by atoms with Crippen LogP contribution in [0.25, 0.3) is 0 Å². The molecule has 1 N–H and O–H groups in total. The second kappa shape index (κ2) is 5.38. The third-order valence-electron chi connectivity index (χ3n) is 4.60. The first kappa shape index (κ1) is 12.7. The number of fused-ring (bicyclic) bond motifs is 2. The summed E-state index contributed by atoms with van der Waals surface area (Å²) in [6, 6.07) is 8.83. The van der Waals surface area contributed by atoms with E-state index in [9.17, 15) is 0 Å². The molecule has 1 aromatic carbocycles. The highest BCUT2D eigenvalue weighted by Gasteiger charge is 2.34. The molecular formula is C17H24N2. The van der Waals surface area contributed by atoms with Gasteiger partial charge in [0.1, 0.15) is 0 Å². The molecule has 0 radical (unpaired) electrons. The molecule has 0 saturated heterocycles. The summed E-state index contributed by atoms with van der Waals surface area (Å²) in [6.07, 6.45) is 7.66. The first-order chi connectivity index (χ1) is 9.22. The fourth-order valence-electron chi connectivity index (χ4n) is 3.44. The van der Waals surface area contributed by atoms with E-state index in [-0.39, 0.29) is 0 Å². The van der Waals surface area contributed by atoms with Gasteiger partial charge in [-0.15, -0.1) is 0 Å². The van der Waals surface area contributed by atoms with E-state index in [2.05, 4.69) is 60.7 Å². The minimum Gasteiger partial charge on any atom is -0.378 e. The number of rotatable bonds is 5. The minimum absolute atomic E-state index is 0.855. The quantitative estimate of drug-likeness (QED) is 0.815. The van der Waals surface area contributed by atoms with E-state index in [0.29, 0.717) is 0 Å². The minimum atomic E-state index is 0.855. The van der Waals surface area contributed by atoms with Crippen LogP contribution in [0.15, 0.2) is 36.4 Å². The van der Waals surface area contributed by atoms with Gasteiger partial charge in [0.15, 0.2) is 0 Å². The van der Waals surface area contributed by atoms with E-state index in [1.54, 1.807) is 0 Å². The van der Waals surface area contributed by atoms with Crippen molar-refractivity contribution in [1.82, 2.24) is 5.32 Å². The Kier molecular flexibility index (Phi) is 3.61. The standard InChI is InChI=1S/C17H24N2/c1-19(2)17-7-4-13(5-8-17)11-18-12-16-10-14-3-6-15(16)9-14/h3-8,14-16,18H,9-12H2,1-2H3. The van der Waals surface area contributed by atoms with Crippen LogP contribution in [-0.4, -0.2) is 20.6 Å². The molecule has 2 nitrogen and oxygen atoms in total. The number of benzene rings is 1. The molecule has 2 heteroatoms. The van der Waals surface area contributed by atoms with Crippen LogP contribution in [0.5, 0.6) is 0 Å². The lowest BCUT2D eigenvalue weighted by atomic mass is 9.93.